The zero-order valence-corrected chi connectivity index (χ0v) is 18.5. The first-order valence-electron chi connectivity index (χ1n) is 10.7. The molecule has 1 aromatic rings. The lowest BCUT2D eigenvalue weighted by molar-refractivity contribution is 0.0951. The molecular weight excluding hydrogens is 388 g/mol. The van der Waals surface area contributed by atoms with Crippen LogP contribution in [-0.4, -0.2) is 76.9 Å². The van der Waals surface area contributed by atoms with Crippen molar-refractivity contribution < 1.29 is 13.2 Å². The Labute approximate surface area is 175 Å². The summed E-state index contributed by atoms with van der Waals surface area (Å²) in [5.41, 5.74) is 1.14. The fourth-order valence-electron chi connectivity index (χ4n) is 4.00. The second-order valence-corrected chi connectivity index (χ2v) is 10.2. The maximum absolute atomic E-state index is 13.5. The summed E-state index contributed by atoms with van der Waals surface area (Å²) in [5.74, 6) is -0.230. The molecule has 0 bridgehead atoms. The third kappa shape index (κ3) is 5.49. The maximum atomic E-state index is 13.5. The van der Waals surface area contributed by atoms with Crippen molar-refractivity contribution in [3.8, 4) is 0 Å². The van der Waals surface area contributed by atoms with E-state index >= 15 is 0 Å². The molecule has 1 aromatic carbocycles. The number of carbonyl (C=O) groups excluding carboxylic acids is 1. The Hall–Kier alpha value is -1.64. The highest BCUT2D eigenvalue weighted by molar-refractivity contribution is 7.89. The zero-order valence-electron chi connectivity index (χ0n) is 17.7. The number of benzene rings is 1. The quantitative estimate of drug-likeness (QED) is 0.729. The van der Waals surface area contributed by atoms with Crippen molar-refractivity contribution in [2.45, 2.75) is 43.4 Å². The fraction of sp³-hybridized carbons (Fsp3) is 0.667. The van der Waals surface area contributed by atoms with Gasteiger partial charge in [-0.2, -0.15) is 4.31 Å². The summed E-state index contributed by atoms with van der Waals surface area (Å²) in [6.45, 7) is 4.08. The highest BCUT2D eigenvalue weighted by Gasteiger charge is 2.31. The average molecular weight is 423 g/mol. The highest BCUT2D eigenvalue weighted by atomic mass is 32.2. The van der Waals surface area contributed by atoms with Gasteiger partial charge in [0.2, 0.25) is 10.0 Å². The standard InChI is InChI=1S/C21H34N4O3S/c1-23(2)16-11-22-21(26)18-9-10-19(24-12-5-3-6-13-24)20(17-18)29(27,28)25-14-7-4-8-15-25/h9-10,17H,3-8,11-16H2,1-2H3,(H,22,26). The Morgan fingerprint density at radius 1 is 1.00 bits per heavy atom. The predicted molar refractivity (Wildman–Crippen MR) is 116 cm³/mol. The van der Waals surface area contributed by atoms with Crippen LogP contribution < -0.4 is 10.2 Å². The molecule has 3 rings (SSSR count). The number of anilines is 1. The third-order valence-electron chi connectivity index (χ3n) is 5.70. The van der Waals surface area contributed by atoms with E-state index in [0.717, 1.165) is 57.4 Å². The van der Waals surface area contributed by atoms with E-state index in [-0.39, 0.29) is 10.8 Å². The first-order chi connectivity index (χ1) is 13.9. The lowest BCUT2D eigenvalue weighted by atomic mass is 10.1. The molecule has 2 aliphatic heterocycles. The maximum Gasteiger partial charge on any atom is 0.251 e. The first-order valence-corrected chi connectivity index (χ1v) is 12.2. The lowest BCUT2D eigenvalue weighted by Crippen LogP contribution is -2.38. The molecule has 0 atom stereocenters. The molecule has 0 radical (unpaired) electrons. The zero-order chi connectivity index (χ0) is 20.9. The van der Waals surface area contributed by atoms with Gasteiger partial charge in [0, 0.05) is 44.8 Å². The number of amides is 1. The van der Waals surface area contributed by atoms with Gasteiger partial charge in [0.05, 0.1) is 5.69 Å². The SMILES string of the molecule is CN(C)CCNC(=O)c1ccc(N2CCCCC2)c(S(=O)(=O)N2CCCCC2)c1. The minimum atomic E-state index is -3.63. The van der Waals surface area contributed by atoms with Gasteiger partial charge in [-0.05, 0) is 64.4 Å². The van der Waals surface area contributed by atoms with Gasteiger partial charge in [-0.15, -0.1) is 0 Å². The molecule has 2 fully saturated rings. The van der Waals surface area contributed by atoms with Crippen molar-refractivity contribution in [2.24, 2.45) is 0 Å². The van der Waals surface area contributed by atoms with Crippen LogP contribution in [-0.2, 0) is 10.0 Å². The molecular formula is C21H34N4O3S. The number of nitrogens with one attached hydrogen (secondary N) is 1. The normalized spacial score (nSPS) is 18.8. The van der Waals surface area contributed by atoms with Crippen LogP contribution in [0.2, 0.25) is 0 Å². The lowest BCUT2D eigenvalue weighted by Gasteiger charge is -2.33. The monoisotopic (exact) mass is 422 g/mol. The molecule has 1 N–H and O–H groups in total. The summed E-state index contributed by atoms with van der Waals surface area (Å²) in [7, 11) is 0.266. The molecule has 0 saturated carbocycles. The van der Waals surface area contributed by atoms with Gasteiger partial charge in [0.1, 0.15) is 4.90 Å². The number of rotatable bonds is 7. The third-order valence-corrected chi connectivity index (χ3v) is 7.62. The molecule has 0 aromatic heterocycles. The number of piperidine rings is 2. The highest BCUT2D eigenvalue weighted by Crippen LogP contribution is 2.32. The van der Waals surface area contributed by atoms with Crippen molar-refractivity contribution >= 4 is 21.6 Å². The van der Waals surface area contributed by atoms with Crippen molar-refractivity contribution in [3.63, 3.8) is 0 Å². The predicted octanol–water partition coefficient (Wildman–Crippen LogP) is 2.14. The van der Waals surface area contributed by atoms with Crippen molar-refractivity contribution in [2.75, 3.05) is 58.3 Å². The largest absolute Gasteiger partial charge is 0.370 e. The Morgan fingerprint density at radius 2 is 1.62 bits per heavy atom. The topological polar surface area (TPSA) is 73.0 Å². The second-order valence-electron chi connectivity index (χ2n) is 8.25. The van der Waals surface area contributed by atoms with E-state index in [2.05, 4.69) is 10.2 Å². The molecule has 0 spiro atoms. The summed E-state index contributed by atoms with van der Waals surface area (Å²) in [4.78, 5) is 17.0. The number of hydrogen-bond acceptors (Lipinski definition) is 5. The Morgan fingerprint density at radius 3 is 2.24 bits per heavy atom. The van der Waals surface area contributed by atoms with E-state index in [9.17, 15) is 13.2 Å². The summed E-state index contributed by atoms with van der Waals surface area (Å²) in [6, 6.07) is 5.16. The summed E-state index contributed by atoms with van der Waals surface area (Å²) < 4.78 is 28.6. The van der Waals surface area contributed by atoms with Crippen LogP contribution >= 0.6 is 0 Å². The van der Waals surface area contributed by atoms with E-state index in [1.165, 1.54) is 6.42 Å². The molecule has 2 heterocycles. The van der Waals surface area contributed by atoms with Gasteiger partial charge < -0.3 is 15.1 Å². The van der Waals surface area contributed by atoms with Crippen LogP contribution in [0, 0.1) is 0 Å². The van der Waals surface area contributed by atoms with E-state index in [1.54, 1.807) is 16.4 Å². The number of likely N-dealkylation sites (N-methyl/N-ethyl adjacent to an activating group) is 1. The number of carbonyl (C=O) groups is 1. The van der Waals surface area contributed by atoms with Crippen LogP contribution in [0.4, 0.5) is 5.69 Å². The van der Waals surface area contributed by atoms with Crippen LogP contribution in [0.25, 0.3) is 0 Å². The molecule has 2 saturated heterocycles. The van der Waals surface area contributed by atoms with Gasteiger partial charge in [0.15, 0.2) is 0 Å². The van der Waals surface area contributed by atoms with E-state index in [4.69, 9.17) is 0 Å². The van der Waals surface area contributed by atoms with Gasteiger partial charge in [0.25, 0.3) is 5.91 Å². The van der Waals surface area contributed by atoms with Crippen molar-refractivity contribution in [1.82, 2.24) is 14.5 Å². The summed E-state index contributed by atoms with van der Waals surface area (Å²) in [5, 5.41) is 2.88. The summed E-state index contributed by atoms with van der Waals surface area (Å²) in [6.07, 6.45) is 6.16. The molecule has 0 aliphatic carbocycles. The van der Waals surface area contributed by atoms with Crippen LogP contribution in [0.15, 0.2) is 23.1 Å². The molecule has 7 nitrogen and oxygen atoms in total. The number of sulfonamides is 1. The van der Waals surface area contributed by atoms with Crippen LogP contribution in [0.3, 0.4) is 0 Å². The van der Waals surface area contributed by atoms with E-state index < -0.39 is 10.0 Å². The Kier molecular flexibility index (Phi) is 7.54. The molecule has 29 heavy (non-hydrogen) atoms. The van der Waals surface area contributed by atoms with Crippen molar-refractivity contribution in [3.05, 3.63) is 23.8 Å². The van der Waals surface area contributed by atoms with Crippen molar-refractivity contribution in [1.29, 1.82) is 0 Å². The minimum absolute atomic E-state index is 0.230. The molecule has 0 unspecified atom stereocenters. The number of hydrogen-bond donors (Lipinski definition) is 1. The Balaban J connectivity index is 1.91. The number of nitrogens with zero attached hydrogens (tertiary/aromatic N) is 3. The van der Waals surface area contributed by atoms with Gasteiger partial charge in [-0.1, -0.05) is 6.42 Å². The minimum Gasteiger partial charge on any atom is -0.370 e. The Bertz CT molecular complexity index is 798. The molecule has 2 aliphatic rings. The molecule has 162 valence electrons. The van der Waals surface area contributed by atoms with Gasteiger partial charge in [-0.25, -0.2) is 8.42 Å². The second kappa shape index (κ2) is 9.91. The summed E-state index contributed by atoms with van der Waals surface area (Å²) >= 11 is 0. The van der Waals surface area contributed by atoms with Crippen LogP contribution in [0.5, 0.6) is 0 Å². The van der Waals surface area contributed by atoms with E-state index in [0.29, 0.717) is 25.2 Å². The van der Waals surface area contributed by atoms with Gasteiger partial charge in [-0.3, -0.25) is 4.79 Å². The fourth-order valence-corrected chi connectivity index (χ4v) is 5.75. The average Bonchev–Trinajstić information content (AvgIpc) is 2.74. The first kappa shape index (κ1) is 22.1. The molecule has 8 heteroatoms. The van der Waals surface area contributed by atoms with Gasteiger partial charge >= 0.3 is 0 Å². The smallest absolute Gasteiger partial charge is 0.251 e. The van der Waals surface area contributed by atoms with E-state index in [1.807, 2.05) is 25.1 Å². The molecule has 1 amide bonds. The van der Waals surface area contributed by atoms with Crippen LogP contribution in [0.1, 0.15) is 48.9 Å².